The van der Waals surface area contributed by atoms with Gasteiger partial charge in [-0.05, 0) is 43.3 Å². The van der Waals surface area contributed by atoms with E-state index >= 15 is 0 Å². The Morgan fingerprint density at radius 3 is 2.52 bits per heavy atom. The number of nitrogen functional groups attached to an aromatic ring is 1. The summed E-state index contributed by atoms with van der Waals surface area (Å²) in [6.45, 7) is 1.89. The van der Waals surface area contributed by atoms with E-state index in [4.69, 9.17) is 10.5 Å². The van der Waals surface area contributed by atoms with Crippen molar-refractivity contribution in [2.45, 2.75) is 6.92 Å². The van der Waals surface area contributed by atoms with Gasteiger partial charge in [0.1, 0.15) is 23.6 Å². The van der Waals surface area contributed by atoms with E-state index in [1.165, 1.54) is 6.33 Å². The predicted molar refractivity (Wildman–Crippen MR) is 103 cm³/mol. The molecule has 0 radical (unpaired) electrons. The first-order valence-electron chi connectivity index (χ1n) is 8.08. The van der Waals surface area contributed by atoms with Crippen LogP contribution in [0.5, 0.6) is 5.75 Å². The zero-order valence-corrected chi connectivity index (χ0v) is 14.9. The van der Waals surface area contributed by atoms with Crippen molar-refractivity contribution < 1.29 is 9.53 Å². The van der Waals surface area contributed by atoms with E-state index in [9.17, 15) is 4.79 Å². The smallest absolute Gasteiger partial charge is 0.269 e. The average molecular weight is 365 g/mol. The van der Waals surface area contributed by atoms with Crippen LogP contribution < -0.4 is 26.6 Å². The molecule has 5 N–H and O–H groups in total. The third kappa shape index (κ3) is 4.40. The number of carbonyl (C=O) groups is 1. The molecule has 1 amide bonds. The molecule has 0 aliphatic carbocycles. The second kappa shape index (κ2) is 8.00. The molecule has 0 spiro atoms. The number of hydrazine groups is 1. The average Bonchev–Trinajstić information content (AvgIpc) is 2.68. The Balaban J connectivity index is 1.69. The molecule has 0 unspecified atom stereocenters. The van der Waals surface area contributed by atoms with E-state index in [-0.39, 0.29) is 17.4 Å². The van der Waals surface area contributed by atoms with Crippen molar-refractivity contribution in [3.05, 3.63) is 60.0 Å². The van der Waals surface area contributed by atoms with Crippen LogP contribution in [0.2, 0.25) is 0 Å². The summed E-state index contributed by atoms with van der Waals surface area (Å²) in [5.41, 5.74) is 12.9. The summed E-state index contributed by atoms with van der Waals surface area (Å²) < 4.78 is 5.07. The summed E-state index contributed by atoms with van der Waals surface area (Å²) in [5, 5.41) is 3.03. The zero-order valence-electron chi connectivity index (χ0n) is 14.9. The highest BCUT2D eigenvalue weighted by atomic mass is 16.5. The van der Waals surface area contributed by atoms with Crippen LogP contribution in [-0.4, -0.2) is 28.0 Å². The Morgan fingerprint density at radius 2 is 1.81 bits per heavy atom. The van der Waals surface area contributed by atoms with Gasteiger partial charge in [-0.15, -0.1) is 0 Å². The molecule has 3 aromatic rings. The number of methoxy groups -OCH3 is 1. The van der Waals surface area contributed by atoms with Crippen LogP contribution in [0.1, 0.15) is 16.1 Å². The highest BCUT2D eigenvalue weighted by molar-refractivity contribution is 5.95. The highest BCUT2D eigenvalue weighted by Gasteiger charge is 2.11. The molecule has 0 bridgehead atoms. The summed E-state index contributed by atoms with van der Waals surface area (Å²) in [6, 6.07) is 12.3. The molecule has 9 nitrogen and oxygen atoms in total. The Labute approximate surface area is 156 Å². The van der Waals surface area contributed by atoms with Gasteiger partial charge in [0.2, 0.25) is 0 Å². The largest absolute Gasteiger partial charge is 0.497 e. The molecule has 138 valence electrons. The van der Waals surface area contributed by atoms with Crippen molar-refractivity contribution in [2.24, 2.45) is 0 Å². The number of rotatable bonds is 6. The fourth-order valence-corrected chi connectivity index (χ4v) is 2.26. The van der Waals surface area contributed by atoms with Gasteiger partial charge in [-0.3, -0.25) is 15.6 Å². The van der Waals surface area contributed by atoms with Crippen LogP contribution in [0.3, 0.4) is 0 Å². The summed E-state index contributed by atoms with van der Waals surface area (Å²) in [4.78, 5) is 24.7. The number of benzene rings is 1. The monoisotopic (exact) mass is 365 g/mol. The first kappa shape index (κ1) is 17.9. The van der Waals surface area contributed by atoms with Crippen molar-refractivity contribution in [3.8, 4) is 5.75 Å². The SMILES string of the molecule is COc1ccc(C(=O)NNc2ncnc(Nc3cccc(C)n3)c2N)cc1. The van der Waals surface area contributed by atoms with Crippen molar-refractivity contribution in [3.63, 3.8) is 0 Å². The molecule has 27 heavy (non-hydrogen) atoms. The van der Waals surface area contributed by atoms with E-state index < -0.39 is 0 Å². The molecule has 2 heterocycles. The Hall–Kier alpha value is -3.88. The number of anilines is 4. The van der Waals surface area contributed by atoms with Crippen LogP contribution in [0, 0.1) is 6.92 Å². The van der Waals surface area contributed by atoms with Gasteiger partial charge in [0.05, 0.1) is 7.11 Å². The first-order valence-corrected chi connectivity index (χ1v) is 8.08. The summed E-state index contributed by atoms with van der Waals surface area (Å²) >= 11 is 0. The molecule has 9 heteroatoms. The highest BCUT2D eigenvalue weighted by Crippen LogP contribution is 2.24. The van der Waals surface area contributed by atoms with Gasteiger partial charge in [-0.1, -0.05) is 6.07 Å². The molecular weight excluding hydrogens is 346 g/mol. The second-order valence-corrected chi connectivity index (χ2v) is 5.58. The lowest BCUT2D eigenvalue weighted by Gasteiger charge is -2.13. The fourth-order valence-electron chi connectivity index (χ4n) is 2.26. The zero-order chi connectivity index (χ0) is 19.2. The van der Waals surface area contributed by atoms with Crippen molar-refractivity contribution >= 4 is 29.0 Å². The molecule has 0 aliphatic heterocycles. The Bertz CT molecular complexity index is 945. The minimum Gasteiger partial charge on any atom is -0.497 e. The number of aromatic nitrogens is 3. The molecular formula is C18H19N7O2. The predicted octanol–water partition coefficient (Wildman–Crippen LogP) is 2.27. The standard InChI is InChI=1S/C18H19N7O2/c1-11-4-3-5-14(22-11)23-16-15(19)17(21-10-20-16)24-25-18(26)12-6-8-13(27-2)9-7-12/h3-10H,19H2,1-2H3,(H,25,26)(H2,20,21,22,23,24). The van der Waals surface area contributed by atoms with Crippen molar-refractivity contribution in [1.82, 2.24) is 20.4 Å². The normalized spacial score (nSPS) is 10.1. The van der Waals surface area contributed by atoms with Crippen LogP contribution in [0.4, 0.5) is 23.1 Å². The van der Waals surface area contributed by atoms with E-state index in [1.54, 1.807) is 37.4 Å². The topological polar surface area (TPSA) is 127 Å². The number of nitrogens with one attached hydrogen (secondary N) is 3. The van der Waals surface area contributed by atoms with E-state index in [0.29, 0.717) is 22.9 Å². The molecule has 0 saturated carbocycles. The number of hydrogen-bond donors (Lipinski definition) is 4. The summed E-state index contributed by atoms with van der Waals surface area (Å²) in [6.07, 6.45) is 1.33. The van der Waals surface area contributed by atoms with Gasteiger partial charge in [-0.25, -0.2) is 15.0 Å². The Morgan fingerprint density at radius 1 is 1.07 bits per heavy atom. The maximum absolute atomic E-state index is 12.2. The maximum atomic E-state index is 12.2. The lowest BCUT2D eigenvalue weighted by atomic mass is 10.2. The van der Waals surface area contributed by atoms with E-state index in [2.05, 4.69) is 31.1 Å². The molecule has 1 aromatic carbocycles. The molecule has 0 fully saturated rings. The molecule has 0 saturated heterocycles. The number of hydrogen-bond acceptors (Lipinski definition) is 8. The fraction of sp³-hybridized carbons (Fsp3) is 0.111. The number of carbonyl (C=O) groups excluding carboxylic acids is 1. The van der Waals surface area contributed by atoms with Gasteiger partial charge in [-0.2, -0.15) is 0 Å². The lowest BCUT2D eigenvalue weighted by molar-refractivity contribution is 0.0962. The number of pyridine rings is 1. The molecule has 2 aromatic heterocycles. The van der Waals surface area contributed by atoms with Gasteiger partial charge >= 0.3 is 0 Å². The minimum absolute atomic E-state index is 0.246. The quantitative estimate of drug-likeness (QED) is 0.490. The van der Waals surface area contributed by atoms with Crippen LogP contribution in [-0.2, 0) is 0 Å². The summed E-state index contributed by atoms with van der Waals surface area (Å²) in [7, 11) is 1.56. The molecule has 0 aliphatic rings. The van der Waals surface area contributed by atoms with Crippen molar-refractivity contribution in [2.75, 3.05) is 23.6 Å². The third-order valence-electron chi connectivity index (χ3n) is 3.67. The number of amides is 1. The lowest BCUT2D eigenvalue weighted by Crippen LogP contribution is -2.30. The molecule has 3 rings (SSSR count). The number of nitrogens with two attached hydrogens (primary N) is 1. The Kier molecular flexibility index (Phi) is 5.31. The van der Waals surface area contributed by atoms with Crippen LogP contribution in [0.25, 0.3) is 0 Å². The number of nitrogens with zero attached hydrogens (tertiary/aromatic N) is 3. The van der Waals surface area contributed by atoms with Gasteiger partial charge in [0, 0.05) is 11.3 Å². The minimum atomic E-state index is -0.342. The number of aryl methyl sites for hydroxylation is 1. The van der Waals surface area contributed by atoms with E-state index in [1.807, 2.05) is 19.1 Å². The van der Waals surface area contributed by atoms with Crippen LogP contribution in [0.15, 0.2) is 48.8 Å². The van der Waals surface area contributed by atoms with E-state index in [0.717, 1.165) is 5.69 Å². The van der Waals surface area contributed by atoms with Gasteiger partial charge in [0.25, 0.3) is 5.91 Å². The number of ether oxygens (including phenoxy) is 1. The van der Waals surface area contributed by atoms with Gasteiger partial charge in [0.15, 0.2) is 11.6 Å². The second-order valence-electron chi connectivity index (χ2n) is 5.58. The third-order valence-corrected chi connectivity index (χ3v) is 3.67. The molecule has 0 atom stereocenters. The van der Waals surface area contributed by atoms with Gasteiger partial charge < -0.3 is 15.8 Å². The van der Waals surface area contributed by atoms with Crippen LogP contribution >= 0.6 is 0 Å². The van der Waals surface area contributed by atoms with Crippen molar-refractivity contribution in [1.29, 1.82) is 0 Å². The summed E-state index contributed by atoms with van der Waals surface area (Å²) in [5.74, 6) is 1.57. The first-order chi connectivity index (χ1) is 13.1. The maximum Gasteiger partial charge on any atom is 0.269 e.